The van der Waals surface area contributed by atoms with Crippen LogP contribution in [0.2, 0.25) is 5.02 Å². The second-order valence-corrected chi connectivity index (χ2v) is 7.51. The number of hydrogen-bond acceptors (Lipinski definition) is 2. The van der Waals surface area contributed by atoms with E-state index in [0.29, 0.717) is 5.02 Å². The van der Waals surface area contributed by atoms with Crippen LogP contribution in [-0.4, -0.2) is 5.91 Å². The number of allylic oxidation sites excluding steroid dienone is 1. The Bertz CT molecular complexity index is 1030. The predicted octanol–water partition coefficient (Wildman–Crippen LogP) is 5.29. The third-order valence-electron chi connectivity index (χ3n) is 5.59. The van der Waals surface area contributed by atoms with E-state index in [0.717, 1.165) is 35.4 Å². The summed E-state index contributed by atoms with van der Waals surface area (Å²) < 4.78 is 5.79. The Morgan fingerprint density at radius 3 is 2.52 bits per heavy atom. The molecule has 0 fully saturated rings. The van der Waals surface area contributed by atoms with Gasteiger partial charge in [0.25, 0.3) is 0 Å². The van der Waals surface area contributed by atoms with Crippen LogP contribution < -0.4 is 5.32 Å². The van der Waals surface area contributed by atoms with Gasteiger partial charge in [0, 0.05) is 16.3 Å². The smallest absolute Gasteiger partial charge is 0.233 e. The highest BCUT2D eigenvalue weighted by Crippen LogP contribution is 2.48. The summed E-state index contributed by atoms with van der Waals surface area (Å²) in [6.07, 6.45) is 3.55. The molecule has 2 aromatic carbocycles. The van der Waals surface area contributed by atoms with Gasteiger partial charge < -0.3 is 9.73 Å². The molecular formula is C23H18ClNO2. The molecule has 2 heterocycles. The first kappa shape index (κ1) is 16.4. The Morgan fingerprint density at radius 2 is 1.74 bits per heavy atom. The lowest BCUT2D eigenvalue weighted by molar-refractivity contribution is -0.122. The first-order valence-corrected chi connectivity index (χ1v) is 9.51. The molecule has 0 saturated heterocycles. The van der Waals surface area contributed by atoms with E-state index < -0.39 is 0 Å². The van der Waals surface area contributed by atoms with Gasteiger partial charge >= 0.3 is 0 Å². The zero-order valence-electron chi connectivity index (χ0n) is 14.6. The summed E-state index contributed by atoms with van der Waals surface area (Å²) in [5.74, 6) is 0.376. The molecule has 2 unspecified atom stereocenters. The number of carbonyl (C=O) groups is 1. The summed E-state index contributed by atoms with van der Waals surface area (Å²) in [7, 11) is 0. The van der Waals surface area contributed by atoms with Gasteiger partial charge in [-0.2, -0.15) is 0 Å². The topological polar surface area (TPSA) is 42.2 Å². The molecule has 1 aromatic heterocycles. The molecule has 1 aliphatic heterocycles. The molecule has 27 heavy (non-hydrogen) atoms. The minimum absolute atomic E-state index is 0.00539. The summed E-state index contributed by atoms with van der Waals surface area (Å²) in [5.41, 5.74) is 5.54. The number of fused-ring (bicyclic) bond motifs is 2. The molecule has 2 atom stereocenters. The summed E-state index contributed by atoms with van der Waals surface area (Å²) in [5, 5.41) is 3.86. The van der Waals surface area contributed by atoms with Gasteiger partial charge in [0.2, 0.25) is 5.91 Å². The Kier molecular flexibility index (Phi) is 3.91. The predicted molar refractivity (Wildman–Crippen MR) is 105 cm³/mol. The van der Waals surface area contributed by atoms with Gasteiger partial charge in [0.1, 0.15) is 5.76 Å². The number of amides is 1. The number of aryl methyl sites for hydroxylation is 1. The fourth-order valence-corrected chi connectivity index (χ4v) is 4.51. The third-order valence-corrected chi connectivity index (χ3v) is 5.84. The number of halogens is 1. The van der Waals surface area contributed by atoms with Crippen LogP contribution in [0, 0.1) is 0 Å². The number of carbonyl (C=O) groups excluding carboxylic acids is 1. The largest absolute Gasteiger partial charge is 0.469 e. The fraction of sp³-hybridized carbons (Fsp3) is 0.174. The molecule has 0 bridgehead atoms. The molecule has 1 aliphatic carbocycles. The van der Waals surface area contributed by atoms with Gasteiger partial charge in [-0.05, 0) is 53.8 Å². The van der Waals surface area contributed by atoms with Gasteiger partial charge in [-0.3, -0.25) is 4.79 Å². The molecule has 3 nitrogen and oxygen atoms in total. The summed E-state index contributed by atoms with van der Waals surface area (Å²) in [4.78, 5) is 13.2. The first-order chi connectivity index (χ1) is 13.2. The molecule has 1 amide bonds. The van der Waals surface area contributed by atoms with Crippen LogP contribution in [0.5, 0.6) is 0 Å². The zero-order chi connectivity index (χ0) is 18.4. The van der Waals surface area contributed by atoms with Gasteiger partial charge in [0.05, 0.1) is 18.1 Å². The van der Waals surface area contributed by atoms with E-state index in [9.17, 15) is 4.79 Å². The molecule has 5 rings (SSSR count). The summed E-state index contributed by atoms with van der Waals surface area (Å²) in [6.45, 7) is 0. The van der Waals surface area contributed by atoms with Gasteiger partial charge in [-0.15, -0.1) is 0 Å². The van der Waals surface area contributed by atoms with Crippen molar-refractivity contribution in [3.8, 4) is 0 Å². The Labute approximate surface area is 162 Å². The van der Waals surface area contributed by atoms with Gasteiger partial charge in [-0.25, -0.2) is 0 Å². The number of furan rings is 1. The van der Waals surface area contributed by atoms with E-state index in [1.54, 1.807) is 6.26 Å². The van der Waals surface area contributed by atoms with Crippen molar-refractivity contribution < 1.29 is 9.21 Å². The molecule has 2 aliphatic rings. The molecule has 3 aromatic rings. The van der Waals surface area contributed by atoms with Crippen molar-refractivity contribution in [3.05, 3.63) is 100.0 Å². The lowest BCUT2D eigenvalue weighted by atomic mass is 9.71. The highest BCUT2D eigenvalue weighted by Gasteiger charge is 2.42. The SMILES string of the molecule is O=C1NC2=C(CCc3ccccc32)C(c2ccco2)C1c1ccc(Cl)cc1. The maximum atomic E-state index is 13.2. The molecular weight excluding hydrogens is 358 g/mol. The molecule has 0 saturated carbocycles. The van der Waals surface area contributed by atoms with E-state index in [-0.39, 0.29) is 17.7 Å². The van der Waals surface area contributed by atoms with Crippen LogP contribution in [0.1, 0.15) is 40.7 Å². The van der Waals surface area contributed by atoms with Crippen molar-refractivity contribution in [2.45, 2.75) is 24.7 Å². The maximum absolute atomic E-state index is 13.2. The van der Waals surface area contributed by atoms with E-state index in [2.05, 4.69) is 23.5 Å². The number of benzene rings is 2. The molecule has 4 heteroatoms. The van der Waals surface area contributed by atoms with Crippen molar-refractivity contribution in [1.29, 1.82) is 0 Å². The standard InChI is InChI=1S/C23H18ClNO2/c24-16-10-7-15(8-11-16)20-21(19-6-3-13-27-19)18-12-9-14-4-1-2-5-17(14)22(18)25-23(20)26/h1-8,10-11,13,20-21H,9,12H2,(H,25,26). The quantitative estimate of drug-likeness (QED) is 0.661. The van der Waals surface area contributed by atoms with Gasteiger partial charge in [-0.1, -0.05) is 48.0 Å². The minimum Gasteiger partial charge on any atom is -0.469 e. The average molecular weight is 376 g/mol. The molecule has 0 radical (unpaired) electrons. The normalized spacial score (nSPS) is 21.4. The van der Waals surface area contributed by atoms with Crippen LogP contribution in [0.3, 0.4) is 0 Å². The van der Waals surface area contributed by atoms with Crippen molar-refractivity contribution in [2.75, 3.05) is 0 Å². The number of rotatable bonds is 2. The van der Waals surface area contributed by atoms with Crippen LogP contribution >= 0.6 is 11.6 Å². The second kappa shape index (κ2) is 6.43. The van der Waals surface area contributed by atoms with Crippen molar-refractivity contribution in [2.24, 2.45) is 0 Å². The lowest BCUT2D eigenvalue weighted by Gasteiger charge is -2.37. The molecule has 134 valence electrons. The van der Waals surface area contributed by atoms with E-state index in [4.69, 9.17) is 16.0 Å². The fourth-order valence-electron chi connectivity index (χ4n) is 4.38. The Balaban J connectivity index is 1.70. The van der Waals surface area contributed by atoms with Crippen molar-refractivity contribution >= 4 is 23.2 Å². The van der Waals surface area contributed by atoms with Crippen LogP contribution in [-0.2, 0) is 11.2 Å². The zero-order valence-corrected chi connectivity index (χ0v) is 15.4. The maximum Gasteiger partial charge on any atom is 0.233 e. The van der Waals surface area contributed by atoms with Crippen molar-refractivity contribution in [3.63, 3.8) is 0 Å². The Hall–Kier alpha value is -2.78. The van der Waals surface area contributed by atoms with Crippen LogP contribution in [0.15, 0.2) is 76.9 Å². The van der Waals surface area contributed by atoms with Crippen LogP contribution in [0.25, 0.3) is 5.70 Å². The Morgan fingerprint density at radius 1 is 0.926 bits per heavy atom. The minimum atomic E-state index is -0.336. The molecule has 1 N–H and O–H groups in total. The first-order valence-electron chi connectivity index (χ1n) is 9.13. The summed E-state index contributed by atoms with van der Waals surface area (Å²) >= 11 is 6.06. The monoisotopic (exact) mass is 375 g/mol. The third kappa shape index (κ3) is 2.70. The van der Waals surface area contributed by atoms with Gasteiger partial charge in [0.15, 0.2) is 0 Å². The lowest BCUT2D eigenvalue weighted by Crippen LogP contribution is -2.39. The van der Waals surface area contributed by atoms with E-state index in [1.165, 1.54) is 11.1 Å². The second-order valence-electron chi connectivity index (χ2n) is 7.07. The van der Waals surface area contributed by atoms with E-state index >= 15 is 0 Å². The molecule has 0 spiro atoms. The highest BCUT2D eigenvalue weighted by atomic mass is 35.5. The summed E-state index contributed by atoms with van der Waals surface area (Å²) in [6, 6.07) is 19.7. The highest BCUT2D eigenvalue weighted by molar-refractivity contribution is 6.30. The van der Waals surface area contributed by atoms with Crippen LogP contribution in [0.4, 0.5) is 0 Å². The van der Waals surface area contributed by atoms with E-state index in [1.807, 2.05) is 42.5 Å². The number of nitrogens with one attached hydrogen (secondary N) is 1. The number of hydrogen-bond donors (Lipinski definition) is 1. The average Bonchev–Trinajstić information content (AvgIpc) is 3.22. The van der Waals surface area contributed by atoms with Crippen molar-refractivity contribution in [1.82, 2.24) is 5.32 Å².